The third-order valence-electron chi connectivity index (χ3n) is 5.54. The van der Waals surface area contributed by atoms with Gasteiger partial charge in [0.1, 0.15) is 18.0 Å². The van der Waals surface area contributed by atoms with Gasteiger partial charge >= 0.3 is 0 Å². The zero-order chi connectivity index (χ0) is 17.4. The quantitative estimate of drug-likeness (QED) is 0.858. The van der Waals surface area contributed by atoms with E-state index in [1.165, 1.54) is 6.07 Å². The van der Waals surface area contributed by atoms with E-state index in [-0.39, 0.29) is 23.6 Å². The first-order valence-electron chi connectivity index (χ1n) is 9.09. The number of carbonyl (C=O) groups excluding carboxylic acids is 1. The molecule has 0 bridgehead atoms. The van der Waals surface area contributed by atoms with Crippen LogP contribution in [0.2, 0.25) is 0 Å². The summed E-state index contributed by atoms with van der Waals surface area (Å²) in [6.07, 6.45) is 4.48. The summed E-state index contributed by atoms with van der Waals surface area (Å²) in [5.41, 5.74) is 0.948. The van der Waals surface area contributed by atoms with Crippen LogP contribution >= 0.6 is 0 Å². The van der Waals surface area contributed by atoms with Crippen molar-refractivity contribution in [3.8, 4) is 0 Å². The minimum atomic E-state index is -0.226. The Morgan fingerprint density at radius 2 is 2.12 bits per heavy atom. The molecular formula is C19H23FN4O. The standard InChI is InChI=1S/C19H23FN4O/c1-2-23-12-21-22-18(23)13-6-8-24(9-7-13)19(25)17-11-16(17)14-4-3-5-15(20)10-14/h3-5,10,12-13,16-17H,2,6-9,11H2,1H3/t16-,17-/m1/s1. The minimum Gasteiger partial charge on any atom is -0.342 e. The summed E-state index contributed by atoms with van der Waals surface area (Å²) in [7, 11) is 0. The predicted octanol–water partition coefficient (Wildman–Crippen LogP) is 2.95. The maximum absolute atomic E-state index is 13.4. The lowest BCUT2D eigenvalue weighted by molar-refractivity contribution is -0.133. The van der Waals surface area contributed by atoms with Gasteiger partial charge in [-0.1, -0.05) is 12.1 Å². The normalized spacial score (nSPS) is 23.7. The number of benzene rings is 1. The molecule has 0 spiro atoms. The highest BCUT2D eigenvalue weighted by atomic mass is 19.1. The Balaban J connectivity index is 1.35. The molecule has 1 aliphatic carbocycles. The van der Waals surface area contributed by atoms with E-state index in [0.29, 0.717) is 5.92 Å². The fourth-order valence-corrected chi connectivity index (χ4v) is 3.99. The van der Waals surface area contributed by atoms with Crippen molar-refractivity contribution in [2.24, 2.45) is 5.92 Å². The molecule has 2 heterocycles. The maximum atomic E-state index is 13.4. The summed E-state index contributed by atoms with van der Waals surface area (Å²) in [6.45, 7) is 4.50. The van der Waals surface area contributed by atoms with E-state index in [1.54, 1.807) is 18.5 Å². The van der Waals surface area contributed by atoms with E-state index in [0.717, 1.165) is 50.3 Å². The van der Waals surface area contributed by atoms with Crippen LogP contribution in [0, 0.1) is 11.7 Å². The summed E-state index contributed by atoms with van der Waals surface area (Å²) in [5, 5.41) is 8.27. The molecule has 132 valence electrons. The van der Waals surface area contributed by atoms with Crippen molar-refractivity contribution in [3.63, 3.8) is 0 Å². The predicted molar refractivity (Wildman–Crippen MR) is 91.5 cm³/mol. The molecule has 2 aliphatic rings. The first-order valence-corrected chi connectivity index (χ1v) is 9.09. The number of aromatic nitrogens is 3. The van der Waals surface area contributed by atoms with Crippen LogP contribution < -0.4 is 0 Å². The highest BCUT2D eigenvalue weighted by Crippen LogP contribution is 2.49. The van der Waals surface area contributed by atoms with E-state index in [2.05, 4.69) is 21.7 Å². The van der Waals surface area contributed by atoms with Gasteiger partial charge in [-0.25, -0.2) is 4.39 Å². The maximum Gasteiger partial charge on any atom is 0.226 e. The Kier molecular flexibility index (Phi) is 4.27. The number of hydrogen-bond donors (Lipinski definition) is 0. The van der Waals surface area contributed by atoms with Crippen LogP contribution in [0.1, 0.15) is 49.4 Å². The van der Waals surface area contributed by atoms with Crippen LogP contribution in [0.25, 0.3) is 0 Å². The first kappa shape index (κ1) is 16.2. The van der Waals surface area contributed by atoms with Gasteiger partial charge in [0, 0.05) is 31.5 Å². The van der Waals surface area contributed by atoms with Crippen molar-refractivity contribution < 1.29 is 9.18 Å². The average molecular weight is 342 g/mol. The second-order valence-electron chi connectivity index (χ2n) is 7.08. The molecule has 1 amide bonds. The summed E-state index contributed by atoms with van der Waals surface area (Å²) in [5.74, 6) is 1.63. The molecule has 4 rings (SSSR count). The van der Waals surface area contributed by atoms with Crippen molar-refractivity contribution in [2.45, 2.75) is 44.6 Å². The molecule has 1 aliphatic heterocycles. The summed E-state index contributed by atoms with van der Waals surface area (Å²) in [6, 6.07) is 6.65. The third kappa shape index (κ3) is 3.17. The molecule has 2 fully saturated rings. The number of carbonyl (C=O) groups is 1. The van der Waals surface area contributed by atoms with Crippen molar-refractivity contribution in [1.29, 1.82) is 0 Å². The summed E-state index contributed by atoms with van der Waals surface area (Å²) in [4.78, 5) is 14.7. The Hall–Kier alpha value is -2.24. The fraction of sp³-hybridized carbons (Fsp3) is 0.526. The molecule has 1 saturated carbocycles. The van der Waals surface area contributed by atoms with Gasteiger partial charge in [-0.2, -0.15) is 0 Å². The van der Waals surface area contributed by atoms with Gasteiger partial charge in [-0.3, -0.25) is 4.79 Å². The molecule has 0 unspecified atom stereocenters. The van der Waals surface area contributed by atoms with Crippen LogP contribution in [-0.4, -0.2) is 38.7 Å². The van der Waals surface area contributed by atoms with Gasteiger partial charge in [-0.15, -0.1) is 10.2 Å². The fourth-order valence-electron chi connectivity index (χ4n) is 3.99. The Bertz CT molecular complexity index is 766. The monoisotopic (exact) mass is 342 g/mol. The highest BCUT2D eigenvalue weighted by Gasteiger charge is 2.46. The lowest BCUT2D eigenvalue weighted by Gasteiger charge is -2.32. The zero-order valence-corrected chi connectivity index (χ0v) is 14.4. The number of aryl methyl sites for hydroxylation is 1. The second kappa shape index (κ2) is 6.58. The Labute approximate surface area is 146 Å². The van der Waals surface area contributed by atoms with Crippen LogP contribution in [0.15, 0.2) is 30.6 Å². The smallest absolute Gasteiger partial charge is 0.226 e. The third-order valence-corrected chi connectivity index (χ3v) is 5.54. The van der Waals surface area contributed by atoms with Crippen LogP contribution in [0.4, 0.5) is 4.39 Å². The van der Waals surface area contributed by atoms with Crippen LogP contribution in [0.5, 0.6) is 0 Å². The first-order chi connectivity index (χ1) is 12.2. The van der Waals surface area contributed by atoms with Gasteiger partial charge in [-0.05, 0) is 49.8 Å². The minimum absolute atomic E-state index is 0.0256. The molecule has 25 heavy (non-hydrogen) atoms. The van der Waals surface area contributed by atoms with Gasteiger partial charge in [0.2, 0.25) is 5.91 Å². The van der Waals surface area contributed by atoms with Crippen LogP contribution in [0.3, 0.4) is 0 Å². The van der Waals surface area contributed by atoms with Crippen molar-refractivity contribution in [1.82, 2.24) is 19.7 Å². The van der Waals surface area contributed by atoms with Crippen molar-refractivity contribution in [2.75, 3.05) is 13.1 Å². The second-order valence-corrected chi connectivity index (χ2v) is 7.08. The summed E-state index contributed by atoms with van der Waals surface area (Å²) >= 11 is 0. The molecule has 5 nitrogen and oxygen atoms in total. The Morgan fingerprint density at radius 3 is 2.84 bits per heavy atom. The largest absolute Gasteiger partial charge is 0.342 e. The van der Waals surface area contributed by atoms with Crippen LogP contribution in [-0.2, 0) is 11.3 Å². The number of rotatable bonds is 4. The molecule has 0 N–H and O–H groups in total. The van der Waals surface area contributed by atoms with Gasteiger partial charge in [0.25, 0.3) is 0 Å². The average Bonchev–Trinajstić information content (AvgIpc) is 3.30. The lowest BCUT2D eigenvalue weighted by Crippen LogP contribution is -2.39. The Morgan fingerprint density at radius 1 is 1.32 bits per heavy atom. The van der Waals surface area contributed by atoms with Gasteiger partial charge in [0.05, 0.1) is 0 Å². The molecule has 1 aromatic carbocycles. The van der Waals surface area contributed by atoms with E-state index in [4.69, 9.17) is 0 Å². The summed E-state index contributed by atoms with van der Waals surface area (Å²) < 4.78 is 15.5. The number of likely N-dealkylation sites (tertiary alicyclic amines) is 1. The molecule has 0 radical (unpaired) electrons. The molecule has 2 aromatic rings. The zero-order valence-electron chi connectivity index (χ0n) is 14.4. The van der Waals surface area contributed by atoms with E-state index in [1.807, 2.05) is 11.0 Å². The SMILES string of the molecule is CCn1cnnc1C1CCN(C(=O)[C@@H]2C[C@@H]2c2cccc(F)c2)CC1. The number of hydrogen-bond acceptors (Lipinski definition) is 3. The van der Waals surface area contributed by atoms with Crippen molar-refractivity contribution in [3.05, 3.63) is 47.8 Å². The number of halogens is 1. The number of nitrogens with zero attached hydrogens (tertiary/aromatic N) is 4. The molecular weight excluding hydrogens is 319 g/mol. The topological polar surface area (TPSA) is 51.0 Å². The number of piperidine rings is 1. The lowest BCUT2D eigenvalue weighted by atomic mass is 9.95. The van der Waals surface area contributed by atoms with Gasteiger partial charge < -0.3 is 9.47 Å². The van der Waals surface area contributed by atoms with E-state index < -0.39 is 0 Å². The molecule has 6 heteroatoms. The van der Waals surface area contributed by atoms with Gasteiger partial charge in [0.15, 0.2) is 0 Å². The highest BCUT2D eigenvalue weighted by molar-refractivity contribution is 5.83. The molecule has 2 atom stereocenters. The van der Waals surface area contributed by atoms with E-state index in [9.17, 15) is 9.18 Å². The molecule has 1 saturated heterocycles. The molecule has 1 aromatic heterocycles. The number of amides is 1. The van der Waals surface area contributed by atoms with E-state index >= 15 is 0 Å². The van der Waals surface area contributed by atoms with Crippen molar-refractivity contribution >= 4 is 5.91 Å².